The standard InChI is InChI=1S/C28H27N3OS.ClH/c32-28(19-22-11-13-24(14-12-22)23-7-3-1-4-8-23)31-17-15-30(16-18-31)20-27-29-26(21-33-27)25-9-5-2-6-10-25;/h1-14,21H,15-20H2;1H. The second-order valence-electron chi connectivity index (χ2n) is 8.39. The molecule has 1 aliphatic heterocycles. The van der Waals surface area contributed by atoms with Crippen molar-refractivity contribution in [2.75, 3.05) is 26.2 Å². The van der Waals surface area contributed by atoms with E-state index in [1.807, 2.05) is 41.3 Å². The van der Waals surface area contributed by atoms with E-state index in [1.165, 1.54) is 11.1 Å². The zero-order valence-electron chi connectivity index (χ0n) is 19.0. The van der Waals surface area contributed by atoms with Crippen molar-refractivity contribution in [3.63, 3.8) is 0 Å². The minimum Gasteiger partial charge on any atom is -0.340 e. The Kier molecular flexibility index (Phi) is 8.12. The van der Waals surface area contributed by atoms with E-state index in [2.05, 4.69) is 58.8 Å². The number of piperazine rings is 1. The van der Waals surface area contributed by atoms with Gasteiger partial charge in [0.05, 0.1) is 18.7 Å². The van der Waals surface area contributed by atoms with Crippen molar-refractivity contribution in [1.29, 1.82) is 0 Å². The minimum absolute atomic E-state index is 0. The van der Waals surface area contributed by atoms with Gasteiger partial charge in [-0.25, -0.2) is 4.98 Å². The van der Waals surface area contributed by atoms with Crippen molar-refractivity contribution in [1.82, 2.24) is 14.8 Å². The fourth-order valence-corrected chi connectivity index (χ4v) is 5.05. The van der Waals surface area contributed by atoms with Crippen LogP contribution >= 0.6 is 23.7 Å². The van der Waals surface area contributed by atoms with Crippen molar-refractivity contribution >= 4 is 29.7 Å². The Hall–Kier alpha value is -2.99. The molecule has 0 radical (unpaired) electrons. The van der Waals surface area contributed by atoms with Crippen molar-refractivity contribution in [3.05, 3.63) is 101 Å². The number of rotatable bonds is 6. The smallest absolute Gasteiger partial charge is 0.227 e. The fraction of sp³-hybridized carbons (Fsp3) is 0.214. The first-order valence-corrected chi connectivity index (χ1v) is 12.3. The van der Waals surface area contributed by atoms with E-state index < -0.39 is 0 Å². The van der Waals surface area contributed by atoms with Crippen LogP contribution in [-0.2, 0) is 17.8 Å². The maximum absolute atomic E-state index is 12.8. The van der Waals surface area contributed by atoms with Crippen LogP contribution in [0.3, 0.4) is 0 Å². The van der Waals surface area contributed by atoms with Gasteiger partial charge in [-0.1, -0.05) is 84.9 Å². The number of hydrogen-bond donors (Lipinski definition) is 0. The number of halogens is 1. The largest absolute Gasteiger partial charge is 0.340 e. The van der Waals surface area contributed by atoms with Crippen LogP contribution < -0.4 is 0 Å². The Morgan fingerprint density at radius 2 is 1.35 bits per heavy atom. The number of amides is 1. The molecule has 1 amide bonds. The van der Waals surface area contributed by atoms with Gasteiger partial charge >= 0.3 is 0 Å². The Bertz CT molecular complexity index is 1190. The molecule has 4 nitrogen and oxygen atoms in total. The van der Waals surface area contributed by atoms with Gasteiger partial charge in [0.15, 0.2) is 0 Å². The molecule has 0 N–H and O–H groups in total. The van der Waals surface area contributed by atoms with Crippen molar-refractivity contribution in [3.8, 4) is 22.4 Å². The number of carbonyl (C=O) groups is 1. The van der Waals surface area contributed by atoms with Gasteiger partial charge < -0.3 is 4.90 Å². The van der Waals surface area contributed by atoms with Crippen LogP contribution in [0.2, 0.25) is 0 Å². The lowest BCUT2D eigenvalue weighted by Gasteiger charge is -2.34. The van der Waals surface area contributed by atoms with Gasteiger partial charge in [-0.05, 0) is 16.7 Å². The van der Waals surface area contributed by atoms with Crippen molar-refractivity contribution < 1.29 is 4.79 Å². The summed E-state index contributed by atoms with van der Waals surface area (Å²) in [5.74, 6) is 0.211. The number of carbonyl (C=O) groups excluding carboxylic acids is 1. The molecule has 4 aromatic rings. The van der Waals surface area contributed by atoms with Gasteiger partial charge in [0.2, 0.25) is 5.91 Å². The number of hydrogen-bond acceptors (Lipinski definition) is 4. The van der Waals surface area contributed by atoms with E-state index in [1.54, 1.807) is 11.3 Å². The van der Waals surface area contributed by atoms with E-state index in [0.717, 1.165) is 54.6 Å². The lowest BCUT2D eigenvalue weighted by Crippen LogP contribution is -2.48. The third-order valence-corrected chi connectivity index (χ3v) is 6.96. The highest BCUT2D eigenvalue weighted by molar-refractivity contribution is 7.09. The molecule has 2 heterocycles. The van der Waals surface area contributed by atoms with Crippen LogP contribution in [0.5, 0.6) is 0 Å². The summed E-state index contributed by atoms with van der Waals surface area (Å²) in [5.41, 5.74) is 5.65. The van der Waals surface area contributed by atoms with Crippen LogP contribution in [0, 0.1) is 0 Å². The molecule has 0 bridgehead atoms. The molecule has 0 atom stereocenters. The average Bonchev–Trinajstić information content (AvgIpc) is 3.34. The molecule has 5 rings (SSSR count). The van der Waals surface area contributed by atoms with Gasteiger partial charge in [-0.15, -0.1) is 23.7 Å². The van der Waals surface area contributed by atoms with E-state index in [4.69, 9.17) is 4.98 Å². The Morgan fingerprint density at radius 1 is 0.765 bits per heavy atom. The van der Waals surface area contributed by atoms with Gasteiger partial charge in [0.1, 0.15) is 5.01 Å². The maximum atomic E-state index is 12.8. The topological polar surface area (TPSA) is 36.4 Å². The lowest BCUT2D eigenvalue weighted by atomic mass is 10.0. The third kappa shape index (κ3) is 5.92. The highest BCUT2D eigenvalue weighted by Crippen LogP contribution is 2.23. The molecule has 1 saturated heterocycles. The molecule has 6 heteroatoms. The molecular weight excluding hydrogens is 462 g/mol. The summed E-state index contributed by atoms with van der Waals surface area (Å²) < 4.78 is 0. The third-order valence-electron chi connectivity index (χ3n) is 6.12. The second kappa shape index (κ2) is 11.4. The molecule has 3 aromatic carbocycles. The molecule has 34 heavy (non-hydrogen) atoms. The van der Waals surface area contributed by atoms with Gasteiger partial charge in [-0.2, -0.15) is 0 Å². The monoisotopic (exact) mass is 489 g/mol. The van der Waals surface area contributed by atoms with Crippen LogP contribution in [0.4, 0.5) is 0 Å². The highest BCUT2D eigenvalue weighted by atomic mass is 35.5. The molecular formula is C28H28ClN3OS. The van der Waals surface area contributed by atoms with Crippen LogP contribution in [0.15, 0.2) is 90.3 Å². The predicted octanol–water partition coefficient (Wildman–Crippen LogP) is 5.79. The number of benzene rings is 3. The van der Waals surface area contributed by atoms with Crippen LogP contribution in [0.25, 0.3) is 22.4 Å². The second-order valence-corrected chi connectivity index (χ2v) is 9.33. The van der Waals surface area contributed by atoms with Crippen LogP contribution in [-0.4, -0.2) is 46.9 Å². The van der Waals surface area contributed by atoms with E-state index in [0.29, 0.717) is 6.42 Å². The zero-order chi connectivity index (χ0) is 22.5. The summed E-state index contributed by atoms with van der Waals surface area (Å²) in [5, 5.41) is 3.26. The number of nitrogens with zero attached hydrogens (tertiary/aromatic N) is 3. The van der Waals surface area contributed by atoms with Crippen molar-refractivity contribution in [2.45, 2.75) is 13.0 Å². The molecule has 0 spiro atoms. The molecule has 1 fully saturated rings. The summed E-state index contributed by atoms with van der Waals surface area (Å²) in [4.78, 5) is 22.0. The Balaban J connectivity index is 0.00000274. The predicted molar refractivity (Wildman–Crippen MR) is 142 cm³/mol. The van der Waals surface area contributed by atoms with Gasteiger partial charge in [-0.3, -0.25) is 9.69 Å². The van der Waals surface area contributed by atoms with E-state index in [-0.39, 0.29) is 18.3 Å². The number of aromatic nitrogens is 1. The highest BCUT2D eigenvalue weighted by Gasteiger charge is 2.22. The molecule has 0 unspecified atom stereocenters. The summed E-state index contributed by atoms with van der Waals surface area (Å²) in [6, 6.07) is 29.0. The fourth-order valence-electron chi connectivity index (χ4n) is 4.20. The first-order valence-electron chi connectivity index (χ1n) is 11.4. The first kappa shape index (κ1) is 24.1. The van der Waals surface area contributed by atoms with E-state index >= 15 is 0 Å². The quantitative estimate of drug-likeness (QED) is 0.344. The molecule has 174 valence electrons. The summed E-state index contributed by atoms with van der Waals surface area (Å²) in [7, 11) is 0. The molecule has 0 aliphatic carbocycles. The van der Waals surface area contributed by atoms with E-state index in [9.17, 15) is 4.79 Å². The van der Waals surface area contributed by atoms with Gasteiger partial charge in [0, 0.05) is 37.1 Å². The summed E-state index contributed by atoms with van der Waals surface area (Å²) >= 11 is 1.71. The summed E-state index contributed by atoms with van der Waals surface area (Å²) in [6.07, 6.45) is 0.460. The molecule has 0 saturated carbocycles. The lowest BCUT2D eigenvalue weighted by molar-refractivity contribution is -0.132. The summed E-state index contributed by atoms with van der Waals surface area (Å²) in [6.45, 7) is 4.17. The Labute approximate surface area is 211 Å². The first-order chi connectivity index (χ1) is 16.2. The van der Waals surface area contributed by atoms with Crippen LogP contribution in [0.1, 0.15) is 10.6 Å². The average molecular weight is 490 g/mol. The normalized spacial score (nSPS) is 13.9. The van der Waals surface area contributed by atoms with Crippen molar-refractivity contribution in [2.24, 2.45) is 0 Å². The Morgan fingerprint density at radius 3 is 2.00 bits per heavy atom. The zero-order valence-corrected chi connectivity index (χ0v) is 20.6. The number of thiazole rings is 1. The van der Waals surface area contributed by atoms with Gasteiger partial charge in [0.25, 0.3) is 0 Å². The SMILES string of the molecule is Cl.O=C(Cc1ccc(-c2ccccc2)cc1)N1CCN(Cc2nc(-c3ccccc3)cs2)CC1. The minimum atomic E-state index is 0. The maximum Gasteiger partial charge on any atom is 0.227 e. The molecule has 1 aromatic heterocycles. The molecule has 1 aliphatic rings.